The molecule has 0 unspecified atom stereocenters. The summed E-state index contributed by atoms with van der Waals surface area (Å²) in [4.78, 5) is 25.2. The lowest BCUT2D eigenvalue weighted by Crippen LogP contribution is -2.39. The van der Waals surface area contributed by atoms with Gasteiger partial charge in [0.2, 0.25) is 5.91 Å². The quantitative estimate of drug-likeness (QED) is 0.920. The minimum Gasteiger partial charge on any atom is -0.370 e. The molecule has 4 nitrogen and oxygen atoms in total. The molecule has 1 aliphatic heterocycles. The van der Waals surface area contributed by atoms with E-state index in [0.29, 0.717) is 31.0 Å². The molecule has 1 heterocycles. The number of hydrogen-bond acceptors (Lipinski definition) is 2. The Morgan fingerprint density at radius 3 is 2.50 bits per heavy atom. The molecule has 2 rings (SSSR count). The number of rotatable bonds is 3. The summed E-state index contributed by atoms with van der Waals surface area (Å²) in [6, 6.07) is 5.74. The van der Waals surface area contributed by atoms with Crippen LogP contribution in [0.4, 0.5) is 0 Å². The van der Waals surface area contributed by atoms with E-state index in [2.05, 4.69) is 15.9 Å². The highest BCUT2D eigenvalue weighted by Gasteiger charge is 2.24. The number of carbonyl (C=O) groups excluding carboxylic acids is 2. The van der Waals surface area contributed by atoms with Crippen molar-refractivity contribution >= 4 is 27.7 Å². The highest BCUT2D eigenvalue weighted by atomic mass is 79.9. The van der Waals surface area contributed by atoms with Gasteiger partial charge in [-0.05, 0) is 49.4 Å². The Bertz CT molecular complexity index is 502. The van der Waals surface area contributed by atoms with Gasteiger partial charge in [0.25, 0.3) is 5.91 Å². The molecule has 1 aliphatic rings. The monoisotopic (exact) mass is 338 g/mol. The first-order valence-electron chi connectivity index (χ1n) is 6.80. The van der Waals surface area contributed by atoms with Crippen LogP contribution in [-0.2, 0) is 4.79 Å². The van der Waals surface area contributed by atoms with Gasteiger partial charge in [-0.3, -0.25) is 9.59 Å². The zero-order chi connectivity index (χ0) is 14.7. The van der Waals surface area contributed by atoms with Crippen LogP contribution >= 0.6 is 15.9 Å². The maximum Gasteiger partial charge on any atom is 0.253 e. The van der Waals surface area contributed by atoms with E-state index in [-0.39, 0.29) is 11.8 Å². The Morgan fingerprint density at radius 1 is 1.30 bits per heavy atom. The number of primary amides is 1. The van der Waals surface area contributed by atoms with E-state index < -0.39 is 0 Å². The summed E-state index contributed by atoms with van der Waals surface area (Å²) in [5.41, 5.74) is 6.99. The van der Waals surface area contributed by atoms with Gasteiger partial charge < -0.3 is 10.6 Å². The van der Waals surface area contributed by atoms with E-state index >= 15 is 0 Å². The number of nitrogens with zero attached hydrogens (tertiary/aromatic N) is 1. The predicted molar refractivity (Wildman–Crippen MR) is 81.3 cm³/mol. The molecule has 1 aromatic carbocycles. The number of carbonyl (C=O) groups is 2. The maximum absolute atomic E-state index is 12.4. The summed E-state index contributed by atoms with van der Waals surface area (Å²) in [6.45, 7) is 3.37. The average Bonchev–Trinajstić information content (AvgIpc) is 2.37. The van der Waals surface area contributed by atoms with Crippen molar-refractivity contribution in [1.82, 2.24) is 4.90 Å². The van der Waals surface area contributed by atoms with Crippen LogP contribution in [0.2, 0.25) is 0 Å². The van der Waals surface area contributed by atoms with Crippen molar-refractivity contribution < 1.29 is 9.59 Å². The predicted octanol–water partition coefficient (Wildman–Crippen LogP) is 2.49. The number of aryl methyl sites for hydroxylation is 1. The van der Waals surface area contributed by atoms with Gasteiger partial charge in [0.1, 0.15) is 0 Å². The molecule has 0 radical (unpaired) electrons. The van der Waals surface area contributed by atoms with Crippen LogP contribution in [0.1, 0.15) is 35.2 Å². The summed E-state index contributed by atoms with van der Waals surface area (Å²) in [7, 11) is 0. The first-order chi connectivity index (χ1) is 9.45. The summed E-state index contributed by atoms with van der Waals surface area (Å²) in [5, 5.41) is 0. The fourth-order valence-corrected chi connectivity index (χ4v) is 3.27. The molecule has 0 aromatic heterocycles. The van der Waals surface area contributed by atoms with E-state index in [9.17, 15) is 9.59 Å². The average molecular weight is 339 g/mol. The SMILES string of the molecule is Cc1cc(Br)cc(C(=O)N2CCC(CC(N)=O)CC2)c1. The number of piperidine rings is 1. The second-order valence-corrected chi connectivity index (χ2v) is 6.34. The molecular formula is C15H19BrN2O2. The zero-order valence-electron chi connectivity index (χ0n) is 11.6. The number of hydrogen-bond donors (Lipinski definition) is 1. The van der Waals surface area contributed by atoms with Crippen LogP contribution in [0.3, 0.4) is 0 Å². The maximum atomic E-state index is 12.4. The van der Waals surface area contributed by atoms with Crippen LogP contribution in [0.25, 0.3) is 0 Å². The molecule has 108 valence electrons. The number of likely N-dealkylation sites (tertiary alicyclic amines) is 1. The first-order valence-corrected chi connectivity index (χ1v) is 7.60. The van der Waals surface area contributed by atoms with Crippen LogP contribution in [0.5, 0.6) is 0 Å². The third kappa shape index (κ3) is 3.82. The molecule has 2 N–H and O–H groups in total. The Balaban J connectivity index is 1.99. The highest BCUT2D eigenvalue weighted by Crippen LogP contribution is 2.23. The molecule has 0 saturated carbocycles. The van der Waals surface area contributed by atoms with Crippen LogP contribution in [0, 0.1) is 12.8 Å². The Morgan fingerprint density at radius 2 is 1.95 bits per heavy atom. The van der Waals surface area contributed by atoms with E-state index in [1.807, 2.05) is 30.0 Å². The standard InChI is InChI=1S/C15H19BrN2O2/c1-10-6-12(9-13(16)7-10)15(20)18-4-2-11(3-5-18)8-14(17)19/h6-7,9,11H,2-5,8H2,1H3,(H2,17,19). The number of halogens is 1. The minimum atomic E-state index is -0.252. The first kappa shape index (κ1) is 15.0. The van der Waals surface area contributed by atoms with Gasteiger partial charge in [-0.15, -0.1) is 0 Å². The van der Waals surface area contributed by atoms with E-state index in [0.717, 1.165) is 22.9 Å². The molecule has 5 heteroatoms. The molecule has 0 atom stereocenters. The molecule has 0 aliphatic carbocycles. The molecule has 20 heavy (non-hydrogen) atoms. The van der Waals surface area contributed by atoms with E-state index in [1.54, 1.807) is 0 Å². The molecule has 1 aromatic rings. The van der Waals surface area contributed by atoms with E-state index in [1.165, 1.54) is 0 Å². The lowest BCUT2D eigenvalue weighted by molar-refractivity contribution is -0.119. The second-order valence-electron chi connectivity index (χ2n) is 5.42. The second kappa shape index (κ2) is 6.39. The molecule has 2 amide bonds. The lowest BCUT2D eigenvalue weighted by atomic mass is 9.93. The molecule has 0 bridgehead atoms. The summed E-state index contributed by atoms with van der Waals surface area (Å²) in [5.74, 6) is 0.130. The van der Waals surface area contributed by atoms with Gasteiger partial charge in [0.05, 0.1) is 0 Å². The van der Waals surface area contributed by atoms with Crippen LogP contribution < -0.4 is 5.73 Å². The van der Waals surface area contributed by atoms with Crippen LogP contribution in [0.15, 0.2) is 22.7 Å². The highest BCUT2D eigenvalue weighted by molar-refractivity contribution is 9.10. The van der Waals surface area contributed by atoms with Gasteiger partial charge in [0.15, 0.2) is 0 Å². The normalized spacial score (nSPS) is 16.2. The summed E-state index contributed by atoms with van der Waals surface area (Å²) < 4.78 is 0.921. The van der Waals surface area contributed by atoms with Gasteiger partial charge in [-0.1, -0.05) is 15.9 Å². The topological polar surface area (TPSA) is 63.4 Å². The summed E-state index contributed by atoms with van der Waals surface area (Å²) >= 11 is 3.42. The van der Waals surface area contributed by atoms with Gasteiger partial charge in [0, 0.05) is 29.5 Å². The van der Waals surface area contributed by atoms with Crippen molar-refractivity contribution in [3.8, 4) is 0 Å². The number of nitrogens with two attached hydrogens (primary N) is 1. The molecular weight excluding hydrogens is 320 g/mol. The van der Waals surface area contributed by atoms with Crippen LogP contribution in [-0.4, -0.2) is 29.8 Å². The molecule has 0 spiro atoms. The fraction of sp³-hybridized carbons (Fsp3) is 0.467. The fourth-order valence-electron chi connectivity index (χ4n) is 2.67. The Labute approximate surface area is 127 Å². The number of benzene rings is 1. The minimum absolute atomic E-state index is 0.0620. The van der Waals surface area contributed by atoms with Crippen molar-refractivity contribution in [2.45, 2.75) is 26.2 Å². The third-order valence-corrected chi connectivity index (χ3v) is 4.14. The van der Waals surface area contributed by atoms with Crippen molar-refractivity contribution in [2.24, 2.45) is 11.7 Å². The van der Waals surface area contributed by atoms with Gasteiger partial charge in [-0.2, -0.15) is 0 Å². The molecule has 1 fully saturated rings. The largest absolute Gasteiger partial charge is 0.370 e. The molecule has 1 saturated heterocycles. The van der Waals surface area contributed by atoms with Crippen molar-refractivity contribution in [2.75, 3.05) is 13.1 Å². The zero-order valence-corrected chi connectivity index (χ0v) is 13.1. The van der Waals surface area contributed by atoms with Crippen molar-refractivity contribution in [3.63, 3.8) is 0 Å². The van der Waals surface area contributed by atoms with Gasteiger partial charge in [-0.25, -0.2) is 0 Å². The lowest BCUT2D eigenvalue weighted by Gasteiger charge is -2.31. The number of amides is 2. The van der Waals surface area contributed by atoms with Crippen molar-refractivity contribution in [3.05, 3.63) is 33.8 Å². The third-order valence-electron chi connectivity index (χ3n) is 3.68. The summed E-state index contributed by atoms with van der Waals surface area (Å²) in [6.07, 6.45) is 2.13. The van der Waals surface area contributed by atoms with Gasteiger partial charge >= 0.3 is 0 Å². The Hall–Kier alpha value is -1.36. The van der Waals surface area contributed by atoms with E-state index in [4.69, 9.17) is 5.73 Å². The smallest absolute Gasteiger partial charge is 0.253 e. The van der Waals surface area contributed by atoms with Crippen molar-refractivity contribution in [1.29, 1.82) is 0 Å². The Kier molecular flexibility index (Phi) is 4.81.